The van der Waals surface area contributed by atoms with Crippen LogP contribution >= 0.6 is 0 Å². The Balaban J connectivity index is 3.00. The Morgan fingerprint density at radius 3 is 2.00 bits per heavy atom. The highest BCUT2D eigenvalue weighted by Crippen LogP contribution is 1.98. The minimum Gasteiger partial charge on any atom is -0.298 e. The summed E-state index contributed by atoms with van der Waals surface area (Å²) in [6, 6.07) is 6.64. The Hall–Kier alpha value is -1.44. The van der Waals surface area contributed by atoms with E-state index in [9.17, 15) is 4.79 Å². The third-order valence-corrected chi connectivity index (χ3v) is 1.22. The van der Waals surface area contributed by atoms with Crippen LogP contribution in [0, 0.1) is 0 Å². The van der Waals surface area contributed by atoms with Gasteiger partial charge in [-0.2, -0.15) is 0 Å². The molecule has 0 saturated heterocycles. The quantitative estimate of drug-likeness (QED) is 0.440. The lowest BCUT2D eigenvalue weighted by molar-refractivity contribution is 0.112. The van der Waals surface area contributed by atoms with Crippen molar-refractivity contribution in [3.8, 4) is 0 Å². The molecule has 1 aromatic carbocycles. The maximum Gasteiger partial charge on any atom is 0.312 e. The van der Waals surface area contributed by atoms with Gasteiger partial charge in [0.2, 0.25) is 0 Å². The highest BCUT2D eigenvalue weighted by atomic mass is 16.1. The van der Waals surface area contributed by atoms with E-state index in [-0.39, 0.29) is 0 Å². The van der Waals surface area contributed by atoms with E-state index in [0.29, 0.717) is 11.1 Å². The third-order valence-electron chi connectivity index (χ3n) is 1.22. The average molecular weight is 135 g/mol. The molecule has 0 heterocycles. The molecule has 0 aromatic heterocycles. The molecule has 0 bridgehead atoms. The van der Waals surface area contributed by atoms with Crippen LogP contribution in [0.4, 0.5) is 0 Å². The van der Waals surface area contributed by atoms with Gasteiger partial charge in [-0.1, -0.05) is 12.1 Å². The van der Waals surface area contributed by atoms with Gasteiger partial charge in [0.15, 0.2) is 0 Å². The van der Waals surface area contributed by atoms with Gasteiger partial charge in [0.25, 0.3) is 0 Å². The molecule has 1 rings (SSSR count). The highest BCUT2D eigenvalue weighted by molar-refractivity contribution is 5.79. The molecule has 0 spiro atoms. The molecule has 0 unspecified atom stereocenters. The van der Waals surface area contributed by atoms with Crippen molar-refractivity contribution in [3.05, 3.63) is 35.4 Å². The van der Waals surface area contributed by atoms with E-state index < -0.39 is 0 Å². The minimum atomic E-state index is 0.616. The summed E-state index contributed by atoms with van der Waals surface area (Å²) in [7, 11) is 0. The van der Waals surface area contributed by atoms with Crippen LogP contribution in [0.3, 0.4) is 0 Å². The molecule has 0 aliphatic heterocycles. The molecule has 10 heavy (non-hydrogen) atoms. The molecule has 0 fully saturated rings. The van der Waals surface area contributed by atoms with Crippen molar-refractivity contribution in [1.82, 2.24) is 0 Å². The Bertz CT molecular complexity index is 209. The van der Waals surface area contributed by atoms with Gasteiger partial charge in [-0.3, -0.25) is 9.59 Å². The summed E-state index contributed by atoms with van der Waals surface area (Å²) in [6.45, 7) is 0. The molecular formula is C8H7O2+. The first-order chi connectivity index (χ1) is 4.86. The summed E-state index contributed by atoms with van der Waals surface area (Å²) in [5.41, 5.74) is 1.32. The number of hydrogen-bond donors (Lipinski definition) is 0. The average Bonchev–Trinajstić information content (AvgIpc) is 2.05. The second-order valence-corrected chi connectivity index (χ2v) is 1.91. The smallest absolute Gasteiger partial charge is 0.298 e. The summed E-state index contributed by atoms with van der Waals surface area (Å²) >= 11 is 0. The van der Waals surface area contributed by atoms with E-state index in [1.807, 2.05) is 0 Å². The SMILES string of the molecule is O=Cc1ccc(C=[OH+])cc1. The van der Waals surface area contributed by atoms with E-state index in [2.05, 4.69) is 0 Å². The van der Waals surface area contributed by atoms with Crippen molar-refractivity contribution in [2.24, 2.45) is 0 Å². The van der Waals surface area contributed by atoms with Crippen molar-refractivity contribution in [2.45, 2.75) is 0 Å². The Morgan fingerprint density at radius 2 is 1.60 bits per heavy atom. The molecule has 0 radical (unpaired) electrons. The number of aldehydes is 2. The van der Waals surface area contributed by atoms with E-state index >= 15 is 0 Å². The molecule has 0 saturated carbocycles. The molecule has 1 N–H and O–H groups in total. The van der Waals surface area contributed by atoms with Crippen LogP contribution in [0.2, 0.25) is 0 Å². The highest BCUT2D eigenvalue weighted by Gasteiger charge is 1.91. The lowest BCUT2D eigenvalue weighted by atomic mass is 10.2. The minimum absolute atomic E-state index is 0.616. The van der Waals surface area contributed by atoms with Crippen LogP contribution in [0.15, 0.2) is 24.3 Å². The van der Waals surface area contributed by atoms with E-state index in [1.54, 1.807) is 24.3 Å². The second kappa shape index (κ2) is 2.92. The monoisotopic (exact) mass is 135 g/mol. The van der Waals surface area contributed by atoms with Crippen LogP contribution in [0.5, 0.6) is 0 Å². The Morgan fingerprint density at radius 1 is 1.10 bits per heavy atom. The maximum absolute atomic E-state index is 10.1. The molecule has 0 aliphatic carbocycles. The van der Waals surface area contributed by atoms with Gasteiger partial charge in [-0.05, 0) is 12.1 Å². The maximum atomic E-state index is 10.1. The molecular weight excluding hydrogens is 128 g/mol. The largest absolute Gasteiger partial charge is 0.312 e. The van der Waals surface area contributed by atoms with Crippen LogP contribution in [-0.2, 0) is 0 Å². The zero-order valence-corrected chi connectivity index (χ0v) is 5.32. The standard InChI is InChI=1S/C8H6O2/c9-5-7-1-2-8(6-10)4-3-7/h1-6H/p+1. The van der Waals surface area contributed by atoms with Crippen molar-refractivity contribution in [3.63, 3.8) is 0 Å². The molecule has 2 heteroatoms. The molecule has 0 atom stereocenters. The normalized spacial score (nSPS) is 8.80. The molecule has 1 aromatic rings. The summed E-state index contributed by atoms with van der Waals surface area (Å²) in [5, 5.41) is 0. The molecule has 50 valence electrons. The predicted molar refractivity (Wildman–Crippen MR) is 38.9 cm³/mol. The summed E-state index contributed by atoms with van der Waals surface area (Å²) in [5.74, 6) is 0. The first-order valence-electron chi connectivity index (χ1n) is 2.89. The van der Waals surface area contributed by atoms with Crippen molar-refractivity contribution >= 4 is 12.6 Å². The van der Waals surface area contributed by atoms with Gasteiger partial charge < -0.3 is 0 Å². The van der Waals surface area contributed by atoms with Gasteiger partial charge in [0, 0.05) is 5.56 Å². The summed E-state index contributed by atoms with van der Waals surface area (Å²) in [4.78, 5) is 18.6. The summed E-state index contributed by atoms with van der Waals surface area (Å²) < 4.78 is 0. The Kier molecular flexibility index (Phi) is 1.95. The number of rotatable bonds is 2. The van der Waals surface area contributed by atoms with Crippen LogP contribution in [0.1, 0.15) is 15.9 Å². The topological polar surface area (TPSA) is 38.5 Å². The lowest BCUT2D eigenvalue weighted by Crippen LogP contribution is -1.82. The van der Waals surface area contributed by atoms with Crippen molar-refractivity contribution < 1.29 is 9.59 Å². The Labute approximate surface area is 58.5 Å². The third kappa shape index (κ3) is 1.29. The van der Waals surface area contributed by atoms with Gasteiger partial charge in [-0.15, -0.1) is 0 Å². The first-order valence-corrected chi connectivity index (χ1v) is 2.89. The first kappa shape index (κ1) is 6.68. The fourth-order valence-electron chi connectivity index (χ4n) is 0.661. The lowest BCUT2D eigenvalue weighted by Gasteiger charge is -1.86. The van der Waals surface area contributed by atoms with Gasteiger partial charge in [-0.25, -0.2) is 0 Å². The van der Waals surface area contributed by atoms with Crippen molar-refractivity contribution in [2.75, 3.05) is 0 Å². The van der Waals surface area contributed by atoms with E-state index in [0.717, 1.165) is 12.6 Å². The van der Waals surface area contributed by atoms with Crippen LogP contribution < -0.4 is 0 Å². The molecule has 0 aliphatic rings. The molecule has 0 amide bonds. The van der Waals surface area contributed by atoms with Gasteiger partial charge >= 0.3 is 6.29 Å². The fourth-order valence-corrected chi connectivity index (χ4v) is 0.661. The second-order valence-electron chi connectivity index (χ2n) is 1.91. The molecule has 2 nitrogen and oxygen atoms in total. The predicted octanol–water partition coefficient (Wildman–Crippen LogP) is 1.02. The number of carbonyl (C=O) groups is 1. The van der Waals surface area contributed by atoms with Gasteiger partial charge in [0.05, 0.1) is 5.56 Å². The van der Waals surface area contributed by atoms with E-state index in [4.69, 9.17) is 4.79 Å². The fraction of sp³-hybridized carbons (Fsp3) is 0. The summed E-state index contributed by atoms with van der Waals surface area (Å²) in [6.07, 6.45) is 1.76. The van der Waals surface area contributed by atoms with Crippen molar-refractivity contribution in [1.29, 1.82) is 0 Å². The number of hydrogen-bond acceptors (Lipinski definition) is 1. The zero-order chi connectivity index (χ0) is 7.40. The van der Waals surface area contributed by atoms with Crippen LogP contribution in [-0.4, -0.2) is 17.4 Å². The van der Waals surface area contributed by atoms with E-state index in [1.165, 1.54) is 0 Å². The number of carbonyl (C=O) groups excluding carboxylic acids is 2. The number of benzene rings is 1. The van der Waals surface area contributed by atoms with Crippen LogP contribution in [0.25, 0.3) is 0 Å². The zero-order valence-electron chi connectivity index (χ0n) is 5.32. The van der Waals surface area contributed by atoms with Gasteiger partial charge in [0.1, 0.15) is 6.29 Å².